The summed E-state index contributed by atoms with van der Waals surface area (Å²) in [6.07, 6.45) is -0.583. The molecular weight excluding hydrogens is 402 g/mol. The third-order valence-corrected chi connectivity index (χ3v) is 4.63. The molecule has 9 heteroatoms. The summed E-state index contributed by atoms with van der Waals surface area (Å²) in [6, 6.07) is 7.73. The van der Waals surface area contributed by atoms with Crippen molar-refractivity contribution in [2.24, 2.45) is 14.1 Å². The average Bonchev–Trinajstić information content (AvgIpc) is 2.95. The van der Waals surface area contributed by atoms with Gasteiger partial charge in [-0.05, 0) is 24.6 Å². The van der Waals surface area contributed by atoms with E-state index in [1.807, 2.05) is 24.3 Å². The lowest BCUT2D eigenvalue weighted by molar-refractivity contribution is 0.208. The molecule has 0 fully saturated rings. The van der Waals surface area contributed by atoms with Crippen LogP contribution in [0, 0.1) is 0 Å². The molecule has 0 bridgehead atoms. The van der Waals surface area contributed by atoms with Crippen molar-refractivity contribution < 1.29 is 5.11 Å². The Labute approximate surface area is 157 Å². The highest BCUT2D eigenvalue weighted by molar-refractivity contribution is 9.10. The number of nitrogens with zero attached hydrogens (tertiary/aromatic N) is 4. The van der Waals surface area contributed by atoms with Gasteiger partial charge in [0.25, 0.3) is 5.56 Å². The van der Waals surface area contributed by atoms with Crippen molar-refractivity contribution in [1.82, 2.24) is 18.7 Å². The molecule has 2 heterocycles. The van der Waals surface area contributed by atoms with Crippen molar-refractivity contribution in [2.45, 2.75) is 19.6 Å². The summed E-state index contributed by atoms with van der Waals surface area (Å²) in [5, 5.41) is 12.6. The normalized spacial score (nSPS) is 12.5. The molecule has 3 aromatic rings. The lowest BCUT2D eigenvalue weighted by Gasteiger charge is -2.12. The summed E-state index contributed by atoms with van der Waals surface area (Å²) in [7, 11) is 3.03. The number of imidazole rings is 1. The van der Waals surface area contributed by atoms with Crippen molar-refractivity contribution in [3.8, 4) is 0 Å². The minimum absolute atomic E-state index is 0.274. The number of aliphatic hydroxyl groups excluding tert-OH is 1. The van der Waals surface area contributed by atoms with E-state index in [-0.39, 0.29) is 6.54 Å². The molecule has 1 aromatic carbocycles. The predicted molar refractivity (Wildman–Crippen MR) is 104 cm³/mol. The minimum atomic E-state index is -0.583. The molecule has 0 aliphatic rings. The molecule has 0 spiro atoms. The quantitative estimate of drug-likeness (QED) is 0.641. The van der Waals surface area contributed by atoms with Gasteiger partial charge in [-0.15, -0.1) is 0 Å². The van der Waals surface area contributed by atoms with Gasteiger partial charge >= 0.3 is 5.69 Å². The van der Waals surface area contributed by atoms with Crippen LogP contribution in [-0.2, 0) is 20.6 Å². The maximum absolute atomic E-state index is 12.7. The molecule has 0 saturated carbocycles. The zero-order chi connectivity index (χ0) is 19.0. The molecule has 2 aromatic heterocycles. The number of aryl methyl sites for hydroxylation is 1. The molecule has 1 atom stereocenters. The molecule has 8 nitrogen and oxygen atoms in total. The number of fused-ring (bicyclic) bond motifs is 1. The van der Waals surface area contributed by atoms with Crippen LogP contribution in [-0.4, -0.2) is 36.4 Å². The van der Waals surface area contributed by atoms with E-state index in [0.29, 0.717) is 23.7 Å². The third-order valence-electron chi connectivity index (χ3n) is 4.13. The number of aliphatic hydroxyl groups is 1. The summed E-state index contributed by atoms with van der Waals surface area (Å²) in [5.74, 6) is 0.430. The zero-order valence-corrected chi connectivity index (χ0v) is 16.3. The second kappa shape index (κ2) is 7.08. The topological polar surface area (TPSA) is 94.1 Å². The van der Waals surface area contributed by atoms with Crippen LogP contribution in [0.4, 0.5) is 5.95 Å². The highest BCUT2D eigenvalue weighted by Gasteiger charge is 2.19. The Hall–Kier alpha value is -2.39. The Balaban J connectivity index is 2.24. The minimum Gasteiger partial charge on any atom is -0.392 e. The van der Waals surface area contributed by atoms with E-state index in [4.69, 9.17) is 0 Å². The molecule has 2 N–H and O–H groups in total. The van der Waals surface area contributed by atoms with Gasteiger partial charge in [-0.2, -0.15) is 4.98 Å². The number of aromatic nitrogens is 4. The summed E-state index contributed by atoms with van der Waals surface area (Å²) < 4.78 is 5.08. The summed E-state index contributed by atoms with van der Waals surface area (Å²) in [4.78, 5) is 29.4. The van der Waals surface area contributed by atoms with E-state index in [9.17, 15) is 14.7 Å². The SMILES string of the molecule is C[C@H](O)CNc1nc2c(c(=O)n(C)c(=O)n2C)n1Cc1cccc(Br)c1. The fourth-order valence-corrected chi connectivity index (χ4v) is 3.24. The van der Waals surface area contributed by atoms with Crippen LogP contribution in [0.25, 0.3) is 11.2 Å². The summed E-state index contributed by atoms with van der Waals surface area (Å²) in [5.41, 5.74) is 0.769. The fourth-order valence-electron chi connectivity index (χ4n) is 2.79. The van der Waals surface area contributed by atoms with Gasteiger partial charge in [-0.25, -0.2) is 4.79 Å². The van der Waals surface area contributed by atoms with Crippen molar-refractivity contribution >= 4 is 33.0 Å². The van der Waals surface area contributed by atoms with E-state index in [1.54, 1.807) is 18.5 Å². The van der Waals surface area contributed by atoms with Crippen LogP contribution in [0.3, 0.4) is 0 Å². The van der Waals surface area contributed by atoms with E-state index < -0.39 is 17.4 Å². The van der Waals surface area contributed by atoms with Crippen molar-refractivity contribution in [3.63, 3.8) is 0 Å². The molecule has 0 radical (unpaired) electrons. The van der Waals surface area contributed by atoms with E-state index in [1.165, 1.54) is 11.6 Å². The Morgan fingerprint density at radius 3 is 2.65 bits per heavy atom. The van der Waals surface area contributed by atoms with Gasteiger partial charge in [0.2, 0.25) is 5.95 Å². The Morgan fingerprint density at radius 2 is 2.00 bits per heavy atom. The summed E-state index contributed by atoms with van der Waals surface area (Å²) in [6.45, 7) is 2.32. The van der Waals surface area contributed by atoms with Gasteiger partial charge in [0, 0.05) is 25.1 Å². The predicted octanol–water partition coefficient (Wildman–Crippen LogP) is 1.04. The first-order valence-electron chi connectivity index (χ1n) is 8.12. The molecule has 0 saturated heterocycles. The van der Waals surface area contributed by atoms with Gasteiger partial charge in [-0.3, -0.25) is 18.5 Å². The summed E-state index contributed by atoms with van der Waals surface area (Å²) >= 11 is 3.45. The van der Waals surface area contributed by atoms with Crippen molar-refractivity contribution in [2.75, 3.05) is 11.9 Å². The van der Waals surface area contributed by atoms with Gasteiger partial charge in [-0.1, -0.05) is 28.1 Å². The monoisotopic (exact) mass is 421 g/mol. The van der Waals surface area contributed by atoms with Crippen LogP contribution >= 0.6 is 15.9 Å². The van der Waals surface area contributed by atoms with E-state index in [2.05, 4.69) is 26.2 Å². The number of anilines is 1. The first-order valence-corrected chi connectivity index (χ1v) is 8.91. The van der Waals surface area contributed by atoms with E-state index in [0.717, 1.165) is 14.6 Å². The molecule has 138 valence electrons. The maximum Gasteiger partial charge on any atom is 0.332 e. The number of nitrogens with one attached hydrogen (secondary N) is 1. The largest absolute Gasteiger partial charge is 0.392 e. The van der Waals surface area contributed by atoms with Crippen LogP contribution in [0.5, 0.6) is 0 Å². The molecule has 0 aliphatic carbocycles. The molecular formula is C17H20BrN5O3. The average molecular weight is 422 g/mol. The lowest BCUT2D eigenvalue weighted by Crippen LogP contribution is -2.37. The highest BCUT2D eigenvalue weighted by atomic mass is 79.9. The van der Waals surface area contributed by atoms with Crippen LogP contribution in [0.2, 0.25) is 0 Å². The van der Waals surface area contributed by atoms with Gasteiger partial charge in [0.05, 0.1) is 12.6 Å². The second-order valence-corrected chi connectivity index (χ2v) is 7.18. The van der Waals surface area contributed by atoms with Gasteiger partial charge < -0.3 is 10.4 Å². The van der Waals surface area contributed by atoms with Crippen molar-refractivity contribution in [1.29, 1.82) is 0 Å². The van der Waals surface area contributed by atoms with Crippen LogP contribution < -0.4 is 16.6 Å². The molecule has 3 rings (SSSR count). The first-order chi connectivity index (χ1) is 12.3. The first kappa shape index (κ1) is 18.4. The maximum atomic E-state index is 12.7. The Kier molecular flexibility index (Phi) is 5.01. The number of hydrogen-bond donors (Lipinski definition) is 2. The van der Waals surface area contributed by atoms with Gasteiger partial charge in [0.1, 0.15) is 0 Å². The molecule has 0 aliphatic heterocycles. The van der Waals surface area contributed by atoms with Crippen molar-refractivity contribution in [3.05, 3.63) is 55.1 Å². The van der Waals surface area contributed by atoms with Crippen LogP contribution in [0.15, 0.2) is 38.3 Å². The van der Waals surface area contributed by atoms with Crippen LogP contribution in [0.1, 0.15) is 12.5 Å². The number of benzene rings is 1. The molecule has 0 amide bonds. The highest BCUT2D eigenvalue weighted by Crippen LogP contribution is 2.19. The lowest BCUT2D eigenvalue weighted by atomic mass is 10.2. The fraction of sp³-hybridized carbons (Fsp3) is 0.353. The standard InChI is InChI=1S/C17H20BrN5O3/c1-10(24)8-19-16-20-14-13(15(25)22(3)17(26)21(14)2)23(16)9-11-5-4-6-12(18)7-11/h4-7,10,24H,8-9H2,1-3H3,(H,19,20)/t10-/m0/s1. The van der Waals surface area contributed by atoms with Gasteiger partial charge in [0.15, 0.2) is 11.2 Å². The van der Waals surface area contributed by atoms with E-state index >= 15 is 0 Å². The second-order valence-electron chi connectivity index (χ2n) is 6.26. The smallest absolute Gasteiger partial charge is 0.332 e. The number of hydrogen-bond acceptors (Lipinski definition) is 5. The molecule has 26 heavy (non-hydrogen) atoms. The Bertz CT molecular complexity index is 1080. The third kappa shape index (κ3) is 3.32. The number of rotatable bonds is 5. The zero-order valence-electron chi connectivity index (χ0n) is 14.7. The molecule has 0 unspecified atom stereocenters. The Morgan fingerprint density at radius 1 is 1.27 bits per heavy atom. The number of halogens is 1.